The molecule has 76 valence electrons. The summed E-state index contributed by atoms with van der Waals surface area (Å²) in [7, 11) is 0. The molecular weight excluding hydrogens is 186 g/mol. The summed E-state index contributed by atoms with van der Waals surface area (Å²) in [6.07, 6.45) is 4.28. The Labute approximate surface area is 88.3 Å². The molecule has 15 heavy (non-hydrogen) atoms. The lowest BCUT2D eigenvalue weighted by molar-refractivity contribution is 1.04. The maximum absolute atomic E-state index is 5.99. The van der Waals surface area contributed by atoms with E-state index in [2.05, 4.69) is 9.97 Å². The molecule has 3 nitrogen and oxygen atoms in total. The van der Waals surface area contributed by atoms with E-state index < -0.39 is 0 Å². The van der Waals surface area contributed by atoms with Crippen LogP contribution in [0.4, 0.5) is 5.69 Å². The van der Waals surface area contributed by atoms with Gasteiger partial charge >= 0.3 is 0 Å². The van der Waals surface area contributed by atoms with Crippen molar-refractivity contribution in [1.29, 1.82) is 0 Å². The Morgan fingerprint density at radius 3 is 2.87 bits per heavy atom. The van der Waals surface area contributed by atoms with Crippen LogP contribution in [0.2, 0.25) is 0 Å². The molecule has 2 N–H and O–H groups in total. The minimum atomic E-state index is 0.635. The molecule has 0 radical (unpaired) electrons. The van der Waals surface area contributed by atoms with Gasteiger partial charge in [-0.3, -0.25) is 9.97 Å². The zero-order valence-electron chi connectivity index (χ0n) is 8.70. The van der Waals surface area contributed by atoms with Gasteiger partial charge in [-0.1, -0.05) is 0 Å². The SMILES string of the molecule is Cc1ccnc2c(N)cc(C3CC3)nc12. The molecule has 0 unspecified atom stereocenters. The first-order valence-corrected chi connectivity index (χ1v) is 5.27. The minimum absolute atomic E-state index is 0.635. The second-order valence-electron chi connectivity index (χ2n) is 4.24. The van der Waals surface area contributed by atoms with Crippen LogP contribution in [-0.2, 0) is 0 Å². The number of hydrogen-bond donors (Lipinski definition) is 1. The van der Waals surface area contributed by atoms with E-state index in [1.807, 2.05) is 19.1 Å². The molecular formula is C12H13N3. The number of fused-ring (bicyclic) bond motifs is 1. The fourth-order valence-electron chi connectivity index (χ4n) is 1.88. The average Bonchev–Trinajstić information content (AvgIpc) is 3.02. The molecule has 3 heteroatoms. The quantitative estimate of drug-likeness (QED) is 0.767. The van der Waals surface area contributed by atoms with Gasteiger partial charge < -0.3 is 5.73 Å². The Bertz CT molecular complexity index is 530. The Hall–Kier alpha value is -1.64. The van der Waals surface area contributed by atoms with Gasteiger partial charge in [0.05, 0.1) is 11.2 Å². The third-order valence-corrected chi connectivity index (χ3v) is 2.94. The summed E-state index contributed by atoms with van der Waals surface area (Å²) in [4.78, 5) is 8.93. The molecule has 0 aromatic carbocycles. The van der Waals surface area contributed by atoms with Crippen molar-refractivity contribution in [2.24, 2.45) is 0 Å². The predicted octanol–water partition coefficient (Wildman–Crippen LogP) is 2.40. The van der Waals surface area contributed by atoms with Gasteiger partial charge in [0.25, 0.3) is 0 Å². The fourth-order valence-corrected chi connectivity index (χ4v) is 1.88. The number of nitrogens with zero attached hydrogens (tertiary/aromatic N) is 2. The van der Waals surface area contributed by atoms with Crippen LogP contribution < -0.4 is 5.73 Å². The number of rotatable bonds is 1. The molecule has 1 saturated carbocycles. The molecule has 0 atom stereocenters. The van der Waals surface area contributed by atoms with E-state index in [-0.39, 0.29) is 0 Å². The van der Waals surface area contributed by atoms with E-state index in [1.165, 1.54) is 12.8 Å². The minimum Gasteiger partial charge on any atom is -0.397 e. The second kappa shape index (κ2) is 2.92. The standard InChI is InChI=1S/C12H13N3/c1-7-4-5-14-12-9(13)6-10(8-2-3-8)15-11(7)12/h4-6,8H,2-3H2,1H3,(H2,13,15). The van der Waals surface area contributed by atoms with Crippen molar-refractivity contribution in [3.05, 3.63) is 29.6 Å². The summed E-state index contributed by atoms with van der Waals surface area (Å²) in [5, 5.41) is 0. The molecule has 1 fully saturated rings. The predicted molar refractivity (Wildman–Crippen MR) is 60.7 cm³/mol. The molecule has 2 aromatic heterocycles. The zero-order valence-corrected chi connectivity index (χ0v) is 8.70. The second-order valence-corrected chi connectivity index (χ2v) is 4.24. The van der Waals surface area contributed by atoms with Gasteiger partial charge in [0.15, 0.2) is 0 Å². The summed E-state index contributed by atoms with van der Waals surface area (Å²) < 4.78 is 0. The monoisotopic (exact) mass is 199 g/mol. The van der Waals surface area contributed by atoms with Gasteiger partial charge in [0.2, 0.25) is 0 Å². The third kappa shape index (κ3) is 1.35. The maximum Gasteiger partial charge on any atom is 0.112 e. The highest BCUT2D eigenvalue weighted by molar-refractivity contribution is 5.88. The van der Waals surface area contributed by atoms with Crippen LogP contribution >= 0.6 is 0 Å². The van der Waals surface area contributed by atoms with Crippen LogP contribution in [0, 0.1) is 6.92 Å². The molecule has 1 aliphatic carbocycles. The highest BCUT2D eigenvalue weighted by Gasteiger charge is 2.25. The first-order valence-electron chi connectivity index (χ1n) is 5.27. The largest absolute Gasteiger partial charge is 0.397 e. The van der Waals surface area contributed by atoms with E-state index in [1.54, 1.807) is 6.20 Å². The molecule has 0 amide bonds. The van der Waals surface area contributed by atoms with Crippen LogP contribution in [-0.4, -0.2) is 9.97 Å². The van der Waals surface area contributed by atoms with Gasteiger partial charge in [-0.15, -0.1) is 0 Å². The van der Waals surface area contributed by atoms with Gasteiger partial charge in [0, 0.05) is 17.8 Å². The first kappa shape index (κ1) is 8.65. The van der Waals surface area contributed by atoms with Crippen molar-refractivity contribution in [1.82, 2.24) is 9.97 Å². The van der Waals surface area contributed by atoms with Crippen molar-refractivity contribution in [2.45, 2.75) is 25.7 Å². The first-order chi connectivity index (χ1) is 7.25. The Balaban J connectivity index is 2.32. The summed E-state index contributed by atoms with van der Waals surface area (Å²) in [6.45, 7) is 2.05. The number of aryl methyl sites for hydroxylation is 1. The zero-order chi connectivity index (χ0) is 10.4. The van der Waals surface area contributed by atoms with Gasteiger partial charge in [-0.2, -0.15) is 0 Å². The van der Waals surface area contributed by atoms with E-state index >= 15 is 0 Å². The third-order valence-electron chi connectivity index (χ3n) is 2.94. The van der Waals surface area contributed by atoms with Crippen molar-refractivity contribution in [2.75, 3.05) is 5.73 Å². The molecule has 0 spiro atoms. The molecule has 0 saturated heterocycles. The highest BCUT2D eigenvalue weighted by Crippen LogP contribution is 2.40. The molecule has 2 aromatic rings. The highest BCUT2D eigenvalue weighted by atomic mass is 14.8. The lowest BCUT2D eigenvalue weighted by Gasteiger charge is -2.06. The number of aromatic nitrogens is 2. The topological polar surface area (TPSA) is 51.8 Å². The summed E-state index contributed by atoms with van der Waals surface area (Å²) in [6, 6.07) is 3.96. The van der Waals surface area contributed by atoms with Gasteiger partial charge in [-0.25, -0.2) is 0 Å². The van der Waals surface area contributed by atoms with E-state index in [0.717, 1.165) is 28.0 Å². The molecule has 1 aliphatic rings. The Kier molecular flexibility index (Phi) is 1.69. The van der Waals surface area contributed by atoms with Gasteiger partial charge in [0.1, 0.15) is 5.52 Å². The number of pyridine rings is 2. The van der Waals surface area contributed by atoms with Crippen LogP contribution in [0.3, 0.4) is 0 Å². The van der Waals surface area contributed by atoms with Crippen molar-refractivity contribution < 1.29 is 0 Å². The number of anilines is 1. The molecule has 0 bridgehead atoms. The van der Waals surface area contributed by atoms with E-state index in [0.29, 0.717) is 5.92 Å². The summed E-state index contributed by atoms with van der Waals surface area (Å²) in [5.74, 6) is 0.635. The van der Waals surface area contributed by atoms with Crippen molar-refractivity contribution in [3.8, 4) is 0 Å². The maximum atomic E-state index is 5.99. The Morgan fingerprint density at radius 2 is 2.13 bits per heavy atom. The van der Waals surface area contributed by atoms with E-state index in [9.17, 15) is 0 Å². The summed E-state index contributed by atoms with van der Waals surface area (Å²) >= 11 is 0. The van der Waals surface area contributed by atoms with Crippen molar-refractivity contribution >= 4 is 16.7 Å². The average molecular weight is 199 g/mol. The molecule has 3 rings (SSSR count). The lowest BCUT2D eigenvalue weighted by Crippen LogP contribution is -1.97. The summed E-state index contributed by atoms with van der Waals surface area (Å²) in [5.41, 5.74) is 10.8. The van der Waals surface area contributed by atoms with Crippen molar-refractivity contribution in [3.63, 3.8) is 0 Å². The number of nitrogens with two attached hydrogens (primary N) is 1. The van der Waals surface area contributed by atoms with Gasteiger partial charge in [-0.05, 0) is 37.5 Å². The van der Waals surface area contributed by atoms with E-state index in [4.69, 9.17) is 5.73 Å². The van der Waals surface area contributed by atoms with Crippen LogP contribution in [0.1, 0.15) is 30.0 Å². The normalized spacial score (nSPS) is 15.8. The Morgan fingerprint density at radius 1 is 1.33 bits per heavy atom. The van der Waals surface area contributed by atoms with Crippen LogP contribution in [0.25, 0.3) is 11.0 Å². The van der Waals surface area contributed by atoms with Crippen LogP contribution in [0.15, 0.2) is 18.3 Å². The lowest BCUT2D eigenvalue weighted by atomic mass is 10.1. The smallest absolute Gasteiger partial charge is 0.112 e. The van der Waals surface area contributed by atoms with Crippen LogP contribution in [0.5, 0.6) is 0 Å². The fraction of sp³-hybridized carbons (Fsp3) is 0.333. The molecule has 0 aliphatic heterocycles. The number of nitrogen functional groups attached to an aromatic ring is 1. The molecule has 2 heterocycles. The number of hydrogen-bond acceptors (Lipinski definition) is 3.